The minimum atomic E-state index is -3.42. The molecule has 0 aliphatic carbocycles. The summed E-state index contributed by atoms with van der Waals surface area (Å²) in [6.07, 6.45) is 5.37. The van der Waals surface area contributed by atoms with Gasteiger partial charge in [0.05, 0.1) is 24.6 Å². The van der Waals surface area contributed by atoms with Gasteiger partial charge in [0.2, 0.25) is 10.0 Å². The molecule has 2 aromatic rings. The number of piperazine rings is 1. The summed E-state index contributed by atoms with van der Waals surface area (Å²) in [5, 5.41) is 0. The molecular weight excluding hydrogens is 414 g/mol. The predicted octanol–water partition coefficient (Wildman–Crippen LogP) is 2.56. The van der Waals surface area contributed by atoms with E-state index in [4.69, 9.17) is 4.74 Å². The van der Waals surface area contributed by atoms with E-state index in [-0.39, 0.29) is 5.91 Å². The Hall–Kier alpha value is -2.84. The molecule has 2 aromatic carbocycles. The number of benzene rings is 2. The molecule has 0 spiro atoms. The number of carbonyl (C=O) groups excluding carboxylic acids is 1. The highest BCUT2D eigenvalue weighted by atomic mass is 32.2. The van der Waals surface area contributed by atoms with Crippen LogP contribution in [0, 0.1) is 0 Å². The third-order valence-electron chi connectivity index (χ3n) is 5.41. The molecule has 0 saturated carbocycles. The third kappa shape index (κ3) is 5.86. The highest BCUT2D eigenvalue weighted by Crippen LogP contribution is 2.27. The minimum Gasteiger partial charge on any atom is -0.496 e. The average Bonchev–Trinajstić information content (AvgIpc) is 2.78. The van der Waals surface area contributed by atoms with Gasteiger partial charge in [-0.3, -0.25) is 14.0 Å². The zero-order valence-corrected chi connectivity index (χ0v) is 19.0. The van der Waals surface area contributed by atoms with Crippen LogP contribution in [0.25, 0.3) is 6.08 Å². The van der Waals surface area contributed by atoms with Gasteiger partial charge < -0.3 is 9.64 Å². The molecule has 0 atom stereocenters. The van der Waals surface area contributed by atoms with Crippen LogP contribution in [0.2, 0.25) is 0 Å². The van der Waals surface area contributed by atoms with Crippen molar-refractivity contribution >= 4 is 27.7 Å². The number of amides is 1. The van der Waals surface area contributed by atoms with Crippen LogP contribution in [0.3, 0.4) is 0 Å². The van der Waals surface area contributed by atoms with Crippen molar-refractivity contribution in [2.45, 2.75) is 0 Å². The Morgan fingerprint density at radius 1 is 1.10 bits per heavy atom. The first-order valence-corrected chi connectivity index (χ1v) is 12.0. The number of anilines is 1. The second kappa shape index (κ2) is 9.98. The summed E-state index contributed by atoms with van der Waals surface area (Å²) >= 11 is 0. The summed E-state index contributed by atoms with van der Waals surface area (Å²) in [4.78, 5) is 17.2. The first-order valence-electron chi connectivity index (χ1n) is 10.1. The zero-order chi connectivity index (χ0) is 22.4. The normalized spacial score (nSPS) is 15.3. The molecule has 1 aliphatic heterocycles. The molecule has 0 aromatic heterocycles. The minimum absolute atomic E-state index is 0.153. The van der Waals surface area contributed by atoms with Crippen molar-refractivity contribution in [3.63, 3.8) is 0 Å². The number of hydrogen-bond acceptors (Lipinski definition) is 5. The molecule has 1 heterocycles. The van der Waals surface area contributed by atoms with Crippen LogP contribution in [-0.2, 0) is 10.0 Å². The van der Waals surface area contributed by atoms with E-state index in [0.29, 0.717) is 30.1 Å². The molecule has 0 N–H and O–H groups in total. The van der Waals surface area contributed by atoms with E-state index in [1.807, 2.05) is 18.2 Å². The summed E-state index contributed by atoms with van der Waals surface area (Å²) in [6.45, 7) is 3.59. The summed E-state index contributed by atoms with van der Waals surface area (Å²) in [7, 11) is -0.456. The molecule has 1 amide bonds. The van der Waals surface area contributed by atoms with E-state index < -0.39 is 10.0 Å². The lowest BCUT2D eigenvalue weighted by Crippen LogP contribution is -2.48. The van der Waals surface area contributed by atoms with Gasteiger partial charge in [0.15, 0.2) is 0 Å². The first-order chi connectivity index (χ1) is 14.8. The van der Waals surface area contributed by atoms with Gasteiger partial charge in [-0.05, 0) is 23.8 Å². The maximum absolute atomic E-state index is 13.2. The lowest BCUT2D eigenvalue weighted by atomic mass is 10.1. The van der Waals surface area contributed by atoms with Gasteiger partial charge in [-0.2, -0.15) is 0 Å². The molecule has 1 saturated heterocycles. The summed E-state index contributed by atoms with van der Waals surface area (Å²) < 4.78 is 30.3. The van der Waals surface area contributed by atoms with Gasteiger partial charge in [0.1, 0.15) is 5.75 Å². The number of methoxy groups -OCH3 is 1. The first kappa shape index (κ1) is 22.8. The summed E-state index contributed by atoms with van der Waals surface area (Å²) in [6, 6.07) is 15.0. The van der Waals surface area contributed by atoms with Crippen molar-refractivity contribution in [1.82, 2.24) is 9.80 Å². The second-order valence-electron chi connectivity index (χ2n) is 7.52. The van der Waals surface area contributed by atoms with Crippen LogP contribution in [0.5, 0.6) is 5.75 Å². The highest BCUT2D eigenvalue weighted by Gasteiger charge is 2.25. The molecule has 1 aliphatic rings. The zero-order valence-electron chi connectivity index (χ0n) is 18.2. The van der Waals surface area contributed by atoms with Gasteiger partial charge in [-0.15, -0.1) is 0 Å². The largest absolute Gasteiger partial charge is 0.496 e. The van der Waals surface area contributed by atoms with Crippen LogP contribution in [0.1, 0.15) is 15.9 Å². The van der Waals surface area contributed by atoms with E-state index in [1.54, 1.807) is 23.1 Å². The van der Waals surface area contributed by atoms with Crippen molar-refractivity contribution in [3.05, 3.63) is 65.7 Å². The summed E-state index contributed by atoms with van der Waals surface area (Å²) in [5.41, 5.74) is 1.96. The fraction of sp³-hybridized carbons (Fsp3) is 0.348. The number of nitrogens with zero attached hydrogens (tertiary/aromatic N) is 3. The van der Waals surface area contributed by atoms with E-state index in [2.05, 4.69) is 29.2 Å². The maximum Gasteiger partial charge on any atom is 0.257 e. The smallest absolute Gasteiger partial charge is 0.257 e. The second-order valence-corrected chi connectivity index (χ2v) is 9.53. The molecule has 0 unspecified atom stereocenters. The molecular formula is C23H29N3O4S. The van der Waals surface area contributed by atoms with Gasteiger partial charge in [-0.1, -0.05) is 42.5 Å². The Kier molecular flexibility index (Phi) is 7.35. The van der Waals surface area contributed by atoms with Gasteiger partial charge >= 0.3 is 0 Å². The van der Waals surface area contributed by atoms with Crippen LogP contribution < -0.4 is 9.04 Å². The van der Waals surface area contributed by atoms with E-state index in [9.17, 15) is 13.2 Å². The SMILES string of the molecule is COc1ccc(N(C)S(C)(=O)=O)cc1C(=O)N1CCN(C/C=C/c2ccccc2)CC1. The summed E-state index contributed by atoms with van der Waals surface area (Å²) in [5.74, 6) is 0.281. The van der Waals surface area contributed by atoms with Crippen molar-refractivity contribution < 1.29 is 17.9 Å². The molecule has 1 fully saturated rings. The third-order valence-corrected chi connectivity index (χ3v) is 6.61. The average molecular weight is 444 g/mol. The highest BCUT2D eigenvalue weighted by molar-refractivity contribution is 7.92. The van der Waals surface area contributed by atoms with Crippen LogP contribution in [0.15, 0.2) is 54.6 Å². The van der Waals surface area contributed by atoms with Gasteiger partial charge in [-0.25, -0.2) is 8.42 Å². The number of rotatable bonds is 7. The Bertz CT molecular complexity index is 1030. The van der Waals surface area contributed by atoms with E-state index in [0.717, 1.165) is 30.2 Å². The standard InChI is InChI=1S/C23H29N3O4S/c1-24(31(3,28)29)20-11-12-22(30-2)21(18-20)23(27)26-16-14-25(15-17-26)13-7-10-19-8-5-4-6-9-19/h4-12,18H,13-17H2,1-3H3/b10-7+. The monoisotopic (exact) mass is 443 g/mol. The lowest BCUT2D eigenvalue weighted by Gasteiger charge is -2.34. The van der Waals surface area contributed by atoms with Gasteiger partial charge in [0.25, 0.3) is 5.91 Å². The fourth-order valence-electron chi connectivity index (χ4n) is 3.46. The molecule has 7 nitrogen and oxygen atoms in total. The Morgan fingerprint density at radius 3 is 2.39 bits per heavy atom. The maximum atomic E-state index is 13.2. The molecule has 166 valence electrons. The van der Waals surface area contributed by atoms with Crippen LogP contribution in [-0.4, -0.2) is 77.3 Å². The Morgan fingerprint density at radius 2 is 1.77 bits per heavy atom. The molecule has 31 heavy (non-hydrogen) atoms. The number of ether oxygens (including phenoxy) is 1. The van der Waals surface area contributed by atoms with Crippen molar-refractivity contribution in [1.29, 1.82) is 0 Å². The quantitative estimate of drug-likeness (QED) is 0.658. The van der Waals surface area contributed by atoms with Crippen LogP contribution in [0.4, 0.5) is 5.69 Å². The van der Waals surface area contributed by atoms with Crippen molar-refractivity contribution in [2.24, 2.45) is 0 Å². The molecule has 0 bridgehead atoms. The molecule has 8 heteroatoms. The van der Waals surface area contributed by atoms with Gasteiger partial charge in [0, 0.05) is 39.8 Å². The van der Waals surface area contributed by atoms with Crippen molar-refractivity contribution in [2.75, 3.05) is 57.4 Å². The van der Waals surface area contributed by atoms with Crippen LogP contribution >= 0.6 is 0 Å². The predicted molar refractivity (Wildman–Crippen MR) is 124 cm³/mol. The van der Waals surface area contributed by atoms with E-state index >= 15 is 0 Å². The van der Waals surface area contributed by atoms with E-state index in [1.165, 1.54) is 19.7 Å². The lowest BCUT2D eigenvalue weighted by molar-refractivity contribution is 0.0647. The Labute approximate surface area is 184 Å². The number of carbonyl (C=O) groups is 1. The van der Waals surface area contributed by atoms with Crippen molar-refractivity contribution in [3.8, 4) is 5.75 Å². The Balaban J connectivity index is 1.64. The molecule has 3 rings (SSSR count). The molecule has 0 radical (unpaired) electrons. The fourth-order valence-corrected chi connectivity index (χ4v) is 3.95. The number of sulfonamides is 1. The topological polar surface area (TPSA) is 70.2 Å². The number of hydrogen-bond donors (Lipinski definition) is 0.